The van der Waals surface area contributed by atoms with E-state index >= 15 is 0 Å². The molecule has 4 saturated carbocycles. The highest BCUT2D eigenvalue weighted by molar-refractivity contribution is 7.99. The number of hydrogen-bond acceptors (Lipinski definition) is 2. The predicted octanol–water partition coefficient (Wildman–Crippen LogP) is 6.67. The first-order valence-corrected chi connectivity index (χ1v) is 11.9. The largest absolute Gasteiger partial charge is 0.313 e. The van der Waals surface area contributed by atoms with Gasteiger partial charge in [0, 0.05) is 10.9 Å². The van der Waals surface area contributed by atoms with Crippen LogP contribution >= 0.6 is 24.2 Å². The van der Waals surface area contributed by atoms with Gasteiger partial charge in [-0.3, -0.25) is 0 Å². The van der Waals surface area contributed by atoms with Crippen LogP contribution in [0.1, 0.15) is 38.5 Å². The fourth-order valence-corrected chi connectivity index (χ4v) is 7.25. The Morgan fingerprint density at radius 3 is 2.14 bits per heavy atom. The van der Waals surface area contributed by atoms with Crippen molar-refractivity contribution in [3.63, 3.8) is 0 Å². The van der Waals surface area contributed by atoms with E-state index in [1.807, 2.05) is 11.8 Å². The molecule has 4 aliphatic carbocycles. The molecule has 2 aromatic carbocycles. The Morgan fingerprint density at radius 2 is 1.43 bits per heavy atom. The second-order valence-corrected chi connectivity index (χ2v) is 10.1. The predicted molar refractivity (Wildman–Crippen MR) is 123 cm³/mol. The van der Waals surface area contributed by atoms with E-state index in [9.17, 15) is 0 Å². The Labute approximate surface area is 180 Å². The highest BCUT2D eigenvalue weighted by atomic mass is 35.5. The maximum absolute atomic E-state index is 3.98. The number of thioether (sulfide) groups is 1. The van der Waals surface area contributed by atoms with Gasteiger partial charge in [-0.25, -0.2) is 0 Å². The first-order chi connectivity index (χ1) is 13.4. The van der Waals surface area contributed by atoms with Crippen LogP contribution in [-0.2, 0) is 0 Å². The Morgan fingerprint density at radius 1 is 0.786 bits per heavy atom. The molecule has 3 heteroatoms. The molecule has 0 radical (unpaired) electrons. The van der Waals surface area contributed by atoms with Gasteiger partial charge < -0.3 is 5.32 Å². The Balaban J connectivity index is 0.00000192. The molecule has 0 spiro atoms. The normalized spacial score (nSPS) is 30.2. The minimum atomic E-state index is 0. The highest BCUT2D eigenvalue weighted by Crippen LogP contribution is 2.53. The molecule has 0 aromatic heterocycles. The van der Waals surface area contributed by atoms with Crippen molar-refractivity contribution in [2.75, 3.05) is 12.3 Å². The summed E-state index contributed by atoms with van der Waals surface area (Å²) in [6, 6.07) is 20.5. The van der Waals surface area contributed by atoms with E-state index in [1.165, 1.54) is 60.4 Å². The molecule has 0 amide bonds. The van der Waals surface area contributed by atoms with Gasteiger partial charge in [0.1, 0.15) is 0 Å². The Hall–Kier alpha value is -0.960. The van der Waals surface area contributed by atoms with Crippen molar-refractivity contribution >= 4 is 24.2 Å². The number of hydrogen-bond donors (Lipinski definition) is 1. The molecule has 4 fully saturated rings. The first kappa shape index (κ1) is 20.3. The zero-order chi connectivity index (χ0) is 18.1. The van der Waals surface area contributed by atoms with Crippen molar-refractivity contribution in [1.29, 1.82) is 0 Å². The summed E-state index contributed by atoms with van der Waals surface area (Å²) in [4.78, 5) is 1.42. The van der Waals surface area contributed by atoms with Crippen molar-refractivity contribution in [2.24, 2.45) is 23.7 Å². The van der Waals surface area contributed by atoms with Gasteiger partial charge in [0.2, 0.25) is 0 Å². The second-order valence-electron chi connectivity index (χ2n) is 8.97. The molecule has 150 valence electrons. The SMILES string of the molecule is Cl.c1ccc(-c2ccccc2SCCCNC2C3CC4CC(C3)CC2C4)cc1. The fraction of sp³-hybridized carbons (Fsp3) is 0.520. The number of benzene rings is 2. The Kier molecular flexibility index (Phi) is 6.70. The van der Waals surface area contributed by atoms with E-state index in [2.05, 4.69) is 59.9 Å². The van der Waals surface area contributed by atoms with Gasteiger partial charge in [-0.2, -0.15) is 0 Å². The average Bonchev–Trinajstić information content (AvgIpc) is 2.70. The fourth-order valence-electron chi connectivity index (χ4n) is 6.23. The van der Waals surface area contributed by atoms with Gasteiger partial charge in [0.15, 0.2) is 0 Å². The van der Waals surface area contributed by atoms with E-state index in [-0.39, 0.29) is 12.4 Å². The van der Waals surface area contributed by atoms with Gasteiger partial charge in [0.05, 0.1) is 0 Å². The Bertz CT molecular complexity index is 734. The van der Waals surface area contributed by atoms with Crippen molar-refractivity contribution < 1.29 is 0 Å². The van der Waals surface area contributed by atoms with Crippen LogP contribution in [0.3, 0.4) is 0 Å². The van der Waals surface area contributed by atoms with Crippen LogP contribution in [0, 0.1) is 23.7 Å². The van der Waals surface area contributed by atoms with Crippen LogP contribution in [0.25, 0.3) is 11.1 Å². The van der Waals surface area contributed by atoms with Crippen LogP contribution in [0.5, 0.6) is 0 Å². The van der Waals surface area contributed by atoms with Gasteiger partial charge >= 0.3 is 0 Å². The third-order valence-corrected chi connectivity index (χ3v) is 8.32. The summed E-state index contributed by atoms with van der Waals surface area (Å²) in [5.74, 6) is 5.34. The van der Waals surface area contributed by atoms with E-state index in [0.717, 1.165) is 29.7 Å². The summed E-state index contributed by atoms with van der Waals surface area (Å²) >= 11 is 2.02. The summed E-state index contributed by atoms with van der Waals surface area (Å²) in [6.45, 7) is 1.19. The molecule has 0 unspecified atom stereocenters. The van der Waals surface area contributed by atoms with E-state index in [4.69, 9.17) is 0 Å². The van der Waals surface area contributed by atoms with Crippen molar-refractivity contribution in [3.8, 4) is 11.1 Å². The van der Waals surface area contributed by atoms with Crippen LogP contribution < -0.4 is 5.32 Å². The molecule has 1 N–H and O–H groups in total. The minimum absolute atomic E-state index is 0. The van der Waals surface area contributed by atoms with Gasteiger partial charge in [-0.15, -0.1) is 24.2 Å². The molecule has 0 heterocycles. The molecule has 0 atom stereocenters. The van der Waals surface area contributed by atoms with Crippen molar-refractivity contribution in [2.45, 2.75) is 49.5 Å². The zero-order valence-corrected chi connectivity index (χ0v) is 18.2. The smallest absolute Gasteiger partial charge is 0.0150 e. The topological polar surface area (TPSA) is 12.0 Å². The molecule has 4 bridgehead atoms. The maximum Gasteiger partial charge on any atom is 0.0150 e. The summed E-state index contributed by atoms with van der Waals surface area (Å²) in [5, 5.41) is 3.98. The first-order valence-electron chi connectivity index (χ1n) is 10.9. The minimum Gasteiger partial charge on any atom is -0.313 e. The van der Waals surface area contributed by atoms with Crippen LogP contribution in [0.15, 0.2) is 59.5 Å². The quantitative estimate of drug-likeness (QED) is 0.401. The molecule has 0 aliphatic heterocycles. The standard InChI is InChI=1S/C25H31NS.ClH/c1-2-7-20(8-3-1)23-9-4-5-10-24(23)27-12-6-11-26-25-21-14-18-13-19(16-21)17-22(25)15-18;/h1-5,7-10,18-19,21-22,25-26H,6,11-17H2;1H. The maximum atomic E-state index is 3.98. The lowest BCUT2D eigenvalue weighted by molar-refractivity contribution is -0.0134. The summed E-state index contributed by atoms with van der Waals surface area (Å²) in [6.07, 6.45) is 8.88. The molecular formula is C25H32ClNS. The van der Waals surface area contributed by atoms with Crippen molar-refractivity contribution in [3.05, 3.63) is 54.6 Å². The van der Waals surface area contributed by atoms with Crippen LogP contribution in [0.2, 0.25) is 0 Å². The summed E-state index contributed by atoms with van der Waals surface area (Å²) in [7, 11) is 0. The molecule has 6 rings (SSSR count). The molecule has 1 nitrogen and oxygen atoms in total. The molecule has 28 heavy (non-hydrogen) atoms. The van der Waals surface area contributed by atoms with E-state index in [0.29, 0.717) is 0 Å². The van der Waals surface area contributed by atoms with Gasteiger partial charge in [-0.1, -0.05) is 48.5 Å². The zero-order valence-electron chi connectivity index (χ0n) is 16.6. The van der Waals surface area contributed by atoms with Crippen LogP contribution in [-0.4, -0.2) is 18.3 Å². The van der Waals surface area contributed by atoms with Crippen molar-refractivity contribution in [1.82, 2.24) is 5.32 Å². The van der Waals surface area contributed by atoms with E-state index in [1.54, 1.807) is 6.42 Å². The molecule has 2 aromatic rings. The number of nitrogens with one attached hydrogen (secondary N) is 1. The lowest BCUT2D eigenvalue weighted by Crippen LogP contribution is -2.54. The van der Waals surface area contributed by atoms with Gasteiger partial charge in [0.25, 0.3) is 0 Å². The van der Waals surface area contributed by atoms with E-state index < -0.39 is 0 Å². The summed E-state index contributed by atoms with van der Waals surface area (Å²) < 4.78 is 0. The second kappa shape index (κ2) is 9.24. The molecule has 0 saturated heterocycles. The third kappa shape index (κ3) is 4.30. The molecular weight excluding hydrogens is 382 g/mol. The average molecular weight is 414 g/mol. The number of rotatable bonds is 7. The lowest BCUT2D eigenvalue weighted by Gasteiger charge is -2.54. The molecule has 4 aliphatic rings. The monoisotopic (exact) mass is 413 g/mol. The highest BCUT2D eigenvalue weighted by Gasteiger charge is 2.47. The van der Waals surface area contributed by atoms with Crippen LogP contribution in [0.4, 0.5) is 0 Å². The summed E-state index contributed by atoms with van der Waals surface area (Å²) in [5.41, 5.74) is 2.70. The lowest BCUT2D eigenvalue weighted by atomic mass is 9.54. The third-order valence-electron chi connectivity index (χ3n) is 7.16. The van der Waals surface area contributed by atoms with Gasteiger partial charge in [-0.05, 0) is 91.7 Å². The number of halogens is 1.